The molecule has 0 aromatic heterocycles. The lowest BCUT2D eigenvalue weighted by molar-refractivity contribution is 0.599. The molecule has 0 radical (unpaired) electrons. The molecule has 0 aliphatic carbocycles. The third kappa shape index (κ3) is 3.15. The van der Waals surface area contributed by atoms with E-state index in [0.29, 0.717) is 6.04 Å². The Balaban J connectivity index is 2.70. The molecule has 1 rings (SSSR count). The van der Waals surface area contributed by atoms with Crippen LogP contribution in [0.2, 0.25) is 0 Å². The fourth-order valence-corrected chi connectivity index (χ4v) is 1.78. The summed E-state index contributed by atoms with van der Waals surface area (Å²) in [6.07, 6.45) is 3.31. The molecule has 1 aromatic rings. The summed E-state index contributed by atoms with van der Waals surface area (Å²) in [4.78, 5) is 0. The Morgan fingerprint density at radius 1 is 1.29 bits per heavy atom. The SMILES string of the molecule is CCCC(N)Cc1cc(C)ccc1C. The van der Waals surface area contributed by atoms with E-state index in [4.69, 9.17) is 5.73 Å². The normalized spacial score (nSPS) is 12.9. The van der Waals surface area contributed by atoms with Crippen molar-refractivity contribution in [2.45, 2.75) is 46.1 Å². The van der Waals surface area contributed by atoms with Gasteiger partial charge in [0.1, 0.15) is 0 Å². The van der Waals surface area contributed by atoms with Gasteiger partial charge in [-0.3, -0.25) is 0 Å². The maximum atomic E-state index is 6.04. The van der Waals surface area contributed by atoms with Crippen molar-refractivity contribution in [1.29, 1.82) is 0 Å². The Hall–Kier alpha value is -0.820. The first-order valence-electron chi connectivity index (χ1n) is 5.45. The molecule has 0 saturated carbocycles. The van der Waals surface area contributed by atoms with Crippen molar-refractivity contribution in [2.75, 3.05) is 0 Å². The number of benzene rings is 1. The second-order valence-electron chi connectivity index (χ2n) is 4.18. The number of aryl methyl sites for hydroxylation is 2. The maximum absolute atomic E-state index is 6.04. The molecule has 0 bridgehead atoms. The Kier molecular flexibility index (Phi) is 4.15. The van der Waals surface area contributed by atoms with Crippen LogP contribution in [0.15, 0.2) is 18.2 Å². The quantitative estimate of drug-likeness (QED) is 0.778. The largest absolute Gasteiger partial charge is 0.327 e. The average Bonchev–Trinajstić information content (AvgIpc) is 2.12. The van der Waals surface area contributed by atoms with Gasteiger partial charge in [0.25, 0.3) is 0 Å². The van der Waals surface area contributed by atoms with Gasteiger partial charge in [0.2, 0.25) is 0 Å². The Labute approximate surface area is 87.3 Å². The van der Waals surface area contributed by atoms with Gasteiger partial charge in [0, 0.05) is 6.04 Å². The Morgan fingerprint density at radius 3 is 2.64 bits per heavy atom. The molecule has 14 heavy (non-hydrogen) atoms. The van der Waals surface area contributed by atoms with Gasteiger partial charge in [0.15, 0.2) is 0 Å². The lowest BCUT2D eigenvalue weighted by Gasteiger charge is -2.12. The molecule has 1 heteroatoms. The molecule has 1 aromatic carbocycles. The standard InChI is InChI=1S/C13H21N/c1-4-5-13(14)9-12-8-10(2)6-7-11(12)3/h6-8,13H,4-5,9,14H2,1-3H3. The van der Waals surface area contributed by atoms with Crippen molar-refractivity contribution in [3.63, 3.8) is 0 Å². The van der Waals surface area contributed by atoms with Crippen LogP contribution < -0.4 is 5.73 Å². The average molecular weight is 191 g/mol. The van der Waals surface area contributed by atoms with Crippen molar-refractivity contribution in [3.8, 4) is 0 Å². The molecule has 78 valence electrons. The van der Waals surface area contributed by atoms with Crippen LogP contribution in [0.4, 0.5) is 0 Å². The minimum atomic E-state index is 0.320. The highest BCUT2D eigenvalue weighted by atomic mass is 14.6. The summed E-state index contributed by atoms with van der Waals surface area (Å²) in [5.74, 6) is 0. The zero-order chi connectivity index (χ0) is 10.6. The molecule has 0 fully saturated rings. The Morgan fingerprint density at radius 2 is 2.00 bits per heavy atom. The molecule has 1 atom stereocenters. The van der Waals surface area contributed by atoms with E-state index >= 15 is 0 Å². The maximum Gasteiger partial charge on any atom is 0.00793 e. The second-order valence-corrected chi connectivity index (χ2v) is 4.18. The number of hydrogen-bond acceptors (Lipinski definition) is 1. The fraction of sp³-hybridized carbons (Fsp3) is 0.538. The van der Waals surface area contributed by atoms with Gasteiger partial charge in [-0.2, -0.15) is 0 Å². The predicted molar refractivity (Wildman–Crippen MR) is 62.5 cm³/mol. The van der Waals surface area contributed by atoms with E-state index in [9.17, 15) is 0 Å². The molecule has 0 aliphatic rings. The topological polar surface area (TPSA) is 26.0 Å². The molecule has 0 amide bonds. The molecular weight excluding hydrogens is 170 g/mol. The summed E-state index contributed by atoms with van der Waals surface area (Å²) in [5.41, 5.74) is 10.1. The molecule has 0 aliphatic heterocycles. The van der Waals surface area contributed by atoms with Crippen LogP contribution >= 0.6 is 0 Å². The number of hydrogen-bond donors (Lipinski definition) is 1. The highest BCUT2D eigenvalue weighted by Gasteiger charge is 2.05. The smallest absolute Gasteiger partial charge is 0.00793 e. The van der Waals surface area contributed by atoms with E-state index < -0.39 is 0 Å². The number of nitrogens with two attached hydrogens (primary N) is 1. The van der Waals surface area contributed by atoms with Gasteiger partial charge in [-0.25, -0.2) is 0 Å². The molecule has 0 heterocycles. The third-order valence-electron chi connectivity index (χ3n) is 2.65. The molecule has 1 nitrogen and oxygen atoms in total. The van der Waals surface area contributed by atoms with Crippen LogP contribution in [-0.2, 0) is 6.42 Å². The highest BCUT2D eigenvalue weighted by Crippen LogP contribution is 2.13. The molecular formula is C13H21N. The van der Waals surface area contributed by atoms with Gasteiger partial charge in [-0.1, -0.05) is 37.1 Å². The monoisotopic (exact) mass is 191 g/mol. The van der Waals surface area contributed by atoms with E-state index in [1.165, 1.54) is 23.1 Å². The minimum absolute atomic E-state index is 0.320. The lowest BCUT2D eigenvalue weighted by atomic mass is 9.97. The zero-order valence-corrected chi connectivity index (χ0v) is 9.51. The molecule has 0 spiro atoms. The van der Waals surface area contributed by atoms with E-state index in [2.05, 4.69) is 39.0 Å². The minimum Gasteiger partial charge on any atom is -0.327 e. The summed E-state index contributed by atoms with van der Waals surface area (Å²) in [6.45, 7) is 6.48. The lowest BCUT2D eigenvalue weighted by Crippen LogP contribution is -2.22. The van der Waals surface area contributed by atoms with E-state index in [-0.39, 0.29) is 0 Å². The van der Waals surface area contributed by atoms with Crippen molar-refractivity contribution in [3.05, 3.63) is 34.9 Å². The highest BCUT2D eigenvalue weighted by molar-refractivity contribution is 5.31. The van der Waals surface area contributed by atoms with Gasteiger partial charge in [-0.05, 0) is 37.8 Å². The summed E-state index contributed by atoms with van der Waals surface area (Å²) in [6, 6.07) is 6.92. The van der Waals surface area contributed by atoms with Crippen LogP contribution in [0.3, 0.4) is 0 Å². The van der Waals surface area contributed by atoms with Crippen molar-refractivity contribution < 1.29 is 0 Å². The first kappa shape index (κ1) is 11.3. The van der Waals surface area contributed by atoms with Gasteiger partial charge >= 0.3 is 0 Å². The third-order valence-corrected chi connectivity index (χ3v) is 2.65. The van der Waals surface area contributed by atoms with Crippen LogP contribution in [-0.4, -0.2) is 6.04 Å². The second kappa shape index (κ2) is 5.16. The number of rotatable bonds is 4. The van der Waals surface area contributed by atoms with Crippen LogP contribution in [0, 0.1) is 13.8 Å². The predicted octanol–water partition coefficient (Wildman–Crippen LogP) is 2.97. The van der Waals surface area contributed by atoms with Crippen LogP contribution in [0.25, 0.3) is 0 Å². The first-order chi connectivity index (χ1) is 6.63. The van der Waals surface area contributed by atoms with Gasteiger partial charge in [-0.15, -0.1) is 0 Å². The molecule has 0 saturated heterocycles. The summed E-state index contributed by atoms with van der Waals surface area (Å²) in [5, 5.41) is 0. The molecule has 2 N–H and O–H groups in total. The Bertz CT molecular complexity index is 291. The van der Waals surface area contributed by atoms with E-state index in [0.717, 1.165) is 12.8 Å². The van der Waals surface area contributed by atoms with Crippen LogP contribution in [0.5, 0.6) is 0 Å². The summed E-state index contributed by atoms with van der Waals surface area (Å²) in [7, 11) is 0. The van der Waals surface area contributed by atoms with Crippen molar-refractivity contribution >= 4 is 0 Å². The van der Waals surface area contributed by atoms with Crippen molar-refractivity contribution in [1.82, 2.24) is 0 Å². The van der Waals surface area contributed by atoms with Crippen LogP contribution in [0.1, 0.15) is 36.5 Å². The van der Waals surface area contributed by atoms with E-state index in [1.807, 2.05) is 0 Å². The van der Waals surface area contributed by atoms with Gasteiger partial charge in [0.05, 0.1) is 0 Å². The van der Waals surface area contributed by atoms with E-state index in [1.54, 1.807) is 0 Å². The molecule has 1 unspecified atom stereocenters. The summed E-state index contributed by atoms with van der Waals surface area (Å²) < 4.78 is 0. The fourth-order valence-electron chi connectivity index (χ4n) is 1.78. The summed E-state index contributed by atoms with van der Waals surface area (Å²) >= 11 is 0. The zero-order valence-electron chi connectivity index (χ0n) is 9.51. The first-order valence-corrected chi connectivity index (χ1v) is 5.45. The van der Waals surface area contributed by atoms with Crippen molar-refractivity contribution in [2.24, 2.45) is 5.73 Å². The van der Waals surface area contributed by atoms with Gasteiger partial charge < -0.3 is 5.73 Å².